The zero-order chi connectivity index (χ0) is 21.5. The van der Waals surface area contributed by atoms with Crippen molar-refractivity contribution in [2.45, 2.75) is 70.4 Å². The second-order valence-corrected chi connectivity index (χ2v) is 7.33. The fourth-order valence-corrected chi connectivity index (χ4v) is 3.03. The van der Waals surface area contributed by atoms with E-state index < -0.39 is 42.3 Å². The molecule has 0 spiro atoms. The number of rotatable bonds is 10. The zero-order valence-electron chi connectivity index (χ0n) is 16.6. The predicted octanol–water partition coefficient (Wildman–Crippen LogP) is 4.81. The number of nitrogens with zero attached hydrogens (tertiary/aromatic N) is 1. The van der Waals surface area contributed by atoms with E-state index in [2.05, 4.69) is 11.9 Å². The van der Waals surface area contributed by atoms with Crippen molar-refractivity contribution in [3.8, 4) is 0 Å². The van der Waals surface area contributed by atoms with Crippen LogP contribution in [0.1, 0.15) is 52.9 Å². The molecule has 0 aromatic carbocycles. The van der Waals surface area contributed by atoms with Gasteiger partial charge in [0, 0.05) is 19.4 Å². The topological polar surface area (TPSA) is 69.6 Å². The van der Waals surface area contributed by atoms with Crippen LogP contribution >= 0.6 is 0 Å². The second kappa shape index (κ2) is 9.80. The molecule has 0 aromatic heterocycles. The number of amides is 2. The van der Waals surface area contributed by atoms with Gasteiger partial charge in [-0.2, -0.15) is 0 Å². The highest BCUT2D eigenvalue weighted by molar-refractivity contribution is 5.88. The van der Waals surface area contributed by atoms with E-state index in [1.165, 1.54) is 17.1 Å². The molecule has 1 atom stereocenters. The lowest BCUT2D eigenvalue weighted by Crippen LogP contribution is -2.68. The average molecular weight is 402 g/mol. The number of nitrogens with one attached hydrogen (secondary N) is 1. The molecule has 0 bridgehead atoms. The van der Waals surface area contributed by atoms with E-state index in [0.29, 0.717) is 24.8 Å². The smallest absolute Gasteiger partial charge is 0.329 e. The van der Waals surface area contributed by atoms with Gasteiger partial charge in [0.25, 0.3) is 5.92 Å². The highest BCUT2D eigenvalue weighted by atomic mass is 19.3. The Balaban J connectivity index is 2.73. The molecule has 2 N–H and O–H groups in total. The summed E-state index contributed by atoms with van der Waals surface area (Å²) < 4.78 is 39.8. The van der Waals surface area contributed by atoms with Gasteiger partial charge >= 0.3 is 12.0 Å². The van der Waals surface area contributed by atoms with E-state index in [4.69, 9.17) is 0 Å². The third kappa shape index (κ3) is 6.42. The number of hydrogen-bond acceptors (Lipinski definition) is 2. The number of aliphatic carboxylic acids is 1. The first-order valence-electron chi connectivity index (χ1n) is 9.28. The molecular formula is C20H29F3N2O3. The molecule has 8 heteroatoms. The number of unbranched alkanes of at least 4 members (excludes halogenated alkanes) is 2. The molecule has 1 aliphatic carbocycles. The van der Waals surface area contributed by atoms with Gasteiger partial charge in [0.05, 0.1) is 6.04 Å². The Labute approximate surface area is 164 Å². The van der Waals surface area contributed by atoms with Gasteiger partial charge < -0.3 is 15.3 Å². The standard InChI is InChI=1S/C20H29F3N2O3/c1-5-9-16(21)10-7-6-8-11-25(15(4)14(2)3)18(28)24-19(17(26)27)12-20(22,23)13-19/h5,9-10,15H,2,6-8,11-13H2,1,3-4H3,(H,24,28)(H,26,27)/b9-5-,16-10+. The van der Waals surface area contributed by atoms with E-state index in [1.54, 1.807) is 26.8 Å². The van der Waals surface area contributed by atoms with Gasteiger partial charge in [0.15, 0.2) is 5.54 Å². The summed E-state index contributed by atoms with van der Waals surface area (Å²) >= 11 is 0. The lowest BCUT2D eigenvalue weighted by Gasteiger charge is -2.45. The molecule has 158 valence electrons. The number of alkyl halides is 2. The minimum Gasteiger partial charge on any atom is -0.479 e. The molecule has 28 heavy (non-hydrogen) atoms. The van der Waals surface area contributed by atoms with Crippen molar-refractivity contribution in [1.29, 1.82) is 0 Å². The summed E-state index contributed by atoms with van der Waals surface area (Å²) in [5.74, 6) is -4.90. The van der Waals surface area contributed by atoms with Gasteiger partial charge in [-0.1, -0.05) is 18.2 Å². The summed E-state index contributed by atoms with van der Waals surface area (Å²) in [5, 5.41) is 11.6. The number of carboxylic acids is 1. The monoisotopic (exact) mass is 402 g/mol. The molecule has 0 saturated heterocycles. The Morgan fingerprint density at radius 1 is 1.32 bits per heavy atom. The number of carbonyl (C=O) groups is 2. The second-order valence-electron chi connectivity index (χ2n) is 7.33. The minimum atomic E-state index is -3.10. The quantitative estimate of drug-likeness (QED) is 0.313. The molecule has 1 rings (SSSR count). The first-order chi connectivity index (χ1) is 12.9. The number of carboxylic acid groups (broad SMARTS) is 1. The Morgan fingerprint density at radius 2 is 1.93 bits per heavy atom. The van der Waals surface area contributed by atoms with Gasteiger partial charge in [0.2, 0.25) is 0 Å². The maximum Gasteiger partial charge on any atom is 0.329 e. The number of allylic oxidation sites excluding steroid dienone is 4. The van der Waals surface area contributed by atoms with Crippen LogP contribution in [0.2, 0.25) is 0 Å². The summed E-state index contributed by atoms with van der Waals surface area (Å²) in [5.41, 5.74) is -1.27. The maximum atomic E-state index is 13.3. The van der Waals surface area contributed by atoms with E-state index in [1.807, 2.05) is 0 Å². The van der Waals surface area contributed by atoms with Crippen LogP contribution in [0.4, 0.5) is 18.0 Å². The number of hydrogen-bond donors (Lipinski definition) is 2. The molecule has 1 saturated carbocycles. The average Bonchev–Trinajstić information content (AvgIpc) is 2.55. The molecule has 5 nitrogen and oxygen atoms in total. The number of halogens is 3. The summed E-state index contributed by atoms with van der Waals surface area (Å²) in [7, 11) is 0. The normalized spacial score (nSPS) is 19.0. The first kappa shape index (κ1) is 23.8. The minimum absolute atomic E-state index is 0.269. The summed E-state index contributed by atoms with van der Waals surface area (Å²) in [6, 6.07) is -1.12. The van der Waals surface area contributed by atoms with Crippen LogP contribution in [-0.2, 0) is 4.79 Å². The molecule has 1 aliphatic rings. The third-order valence-electron chi connectivity index (χ3n) is 4.84. The van der Waals surface area contributed by atoms with E-state index in [-0.39, 0.29) is 12.4 Å². The fraction of sp³-hybridized carbons (Fsp3) is 0.600. The Hall–Kier alpha value is -2.25. The molecule has 2 amide bonds. The molecule has 0 aliphatic heterocycles. The zero-order valence-corrected chi connectivity index (χ0v) is 16.6. The van der Waals surface area contributed by atoms with Crippen LogP contribution in [0.15, 0.2) is 36.2 Å². The van der Waals surface area contributed by atoms with Crippen molar-refractivity contribution in [3.63, 3.8) is 0 Å². The van der Waals surface area contributed by atoms with Crippen LogP contribution in [0.3, 0.4) is 0 Å². The van der Waals surface area contributed by atoms with E-state index >= 15 is 0 Å². The van der Waals surface area contributed by atoms with Crippen molar-refractivity contribution < 1.29 is 27.9 Å². The lowest BCUT2D eigenvalue weighted by atomic mass is 9.73. The lowest BCUT2D eigenvalue weighted by molar-refractivity contribution is -0.175. The van der Waals surface area contributed by atoms with Crippen molar-refractivity contribution in [2.24, 2.45) is 0 Å². The Kier molecular flexibility index (Phi) is 8.32. The third-order valence-corrected chi connectivity index (χ3v) is 4.84. The van der Waals surface area contributed by atoms with Crippen LogP contribution in [0.25, 0.3) is 0 Å². The van der Waals surface area contributed by atoms with Gasteiger partial charge in [-0.25, -0.2) is 22.8 Å². The van der Waals surface area contributed by atoms with E-state index in [0.717, 1.165) is 0 Å². The van der Waals surface area contributed by atoms with Gasteiger partial charge in [0.1, 0.15) is 5.83 Å². The van der Waals surface area contributed by atoms with Crippen molar-refractivity contribution in [1.82, 2.24) is 10.2 Å². The summed E-state index contributed by atoms with van der Waals surface area (Å²) in [6.45, 7) is 9.25. The highest BCUT2D eigenvalue weighted by Crippen LogP contribution is 2.45. The Bertz CT molecular complexity index is 651. The van der Waals surface area contributed by atoms with Gasteiger partial charge in [-0.15, -0.1) is 0 Å². The van der Waals surface area contributed by atoms with Crippen LogP contribution in [-0.4, -0.2) is 46.1 Å². The van der Waals surface area contributed by atoms with Crippen molar-refractivity contribution in [3.05, 3.63) is 36.2 Å². The molecular weight excluding hydrogens is 373 g/mol. The first-order valence-corrected chi connectivity index (χ1v) is 9.28. The van der Waals surface area contributed by atoms with Crippen molar-refractivity contribution in [2.75, 3.05) is 6.54 Å². The van der Waals surface area contributed by atoms with Gasteiger partial charge in [-0.05, 0) is 52.2 Å². The predicted molar refractivity (Wildman–Crippen MR) is 102 cm³/mol. The largest absolute Gasteiger partial charge is 0.479 e. The molecule has 1 unspecified atom stereocenters. The van der Waals surface area contributed by atoms with E-state index in [9.17, 15) is 27.9 Å². The van der Waals surface area contributed by atoms with Gasteiger partial charge in [-0.3, -0.25) is 0 Å². The summed E-state index contributed by atoms with van der Waals surface area (Å²) in [4.78, 5) is 25.5. The summed E-state index contributed by atoms with van der Waals surface area (Å²) in [6.07, 6.45) is 4.18. The number of urea groups is 1. The fourth-order valence-electron chi connectivity index (χ4n) is 3.03. The molecule has 0 aromatic rings. The Morgan fingerprint density at radius 3 is 2.39 bits per heavy atom. The SMILES string of the molecule is C=C(C)C(C)N(CCCC/C=C(F)\C=C/C)C(=O)NC1(C(=O)O)CC(F)(F)C1. The number of carbonyl (C=O) groups excluding carboxylic acids is 1. The van der Waals surface area contributed by atoms with Crippen LogP contribution < -0.4 is 5.32 Å². The van der Waals surface area contributed by atoms with Crippen molar-refractivity contribution >= 4 is 12.0 Å². The molecule has 0 radical (unpaired) electrons. The molecule has 1 fully saturated rings. The molecule has 0 heterocycles. The highest BCUT2D eigenvalue weighted by Gasteiger charge is 2.62. The van der Waals surface area contributed by atoms with Crippen LogP contribution in [0, 0.1) is 0 Å². The van der Waals surface area contributed by atoms with Crippen LogP contribution in [0.5, 0.6) is 0 Å². The maximum absolute atomic E-state index is 13.3.